The van der Waals surface area contributed by atoms with Crippen molar-refractivity contribution in [3.05, 3.63) is 59.7 Å². The Bertz CT molecular complexity index is 649. The Labute approximate surface area is 135 Å². The molecule has 2 aromatic carbocycles. The van der Waals surface area contributed by atoms with Crippen LogP contribution in [0.15, 0.2) is 53.6 Å². The fraction of sp³-hybridized carbons (Fsp3) is 0.222. The van der Waals surface area contributed by atoms with E-state index in [0.29, 0.717) is 5.75 Å². The van der Waals surface area contributed by atoms with Gasteiger partial charge in [-0.25, -0.2) is 5.43 Å². The van der Waals surface area contributed by atoms with Crippen molar-refractivity contribution in [1.29, 1.82) is 0 Å². The second kappa shape index (κ2) is 8.58. The highest BCUT2D eigenvalue weighted by Crippen LogP contribution is 2.16. The monoisotopic (exact) mass is 312 g/mol. The summed E-state index contributed by atoms with van der Waals surface area (Å²) in [5.74, 6) is 1.02. The van der Waals surface area contributed by atoms with Crippen LogP contribution in [0.3, 0.4) is 0 Å². The first-order chi connectivity index (χ1) is 11.2. The van der Waals surface area contributed by atoms with E-state index < -0.39 is 0 Å². The summed E-state index contributed by atoms with van der Waals surface area (Å²) in [6.45, 7) is 2.00. The second-order valence-corrected chi connectivity index (χ2v) is 4.85. The average Bonchev–Trinajstić information content (AvgIpc) is 2.61. The number of hydrogen-bond donors (Lipinski definition) is 1. The molecule has 1 amide bonds. The van der Waals surface area contributed by atoms with Crippen LogP contribution in [-0.4, -0.2) is 25.8 Å². The smallest absolute Gasteiger partial charge is 0.277 e. The molecule has 0 atom stereocenters. The molecule has 0 unspecified atom stereocenters. The number of carbonyl (C=O) groups is 1. The third-order valence-corrected chi connectivity index (χ3v) is 3.22. The standard InChI is InChI=1S/C18H20N2O3/c1-3-14-4-6-15(7-5-14)12-19-20-18(21)13-23-17-10-8-16(22-2)9-11-17/h4-12H,3,13H2,1-2H3,(H,20,21)/b19-12+. The number of ether oxygens (including phenoxy) is 2. The Morgan fingerprint density at radius 1 is 1.09 bits per heavy atom. The highest BCUT2D eigenvalue weighted by atomic mass is 16.5. The molecule has 0 saturated carbocycles. The number of benzene rings is 2. The summed E-state index contributed by atoms with van der Waals surface area (Å²) >= 11 is 0. The highest BCUT2D eigenvalue weighted by molar-refractivity contribution is 5.82. The molecule has 5 heteroatoms. The van der Waals surface area contributed by atoms with E-state index >= 15 is 0 Å². The fourth-order valence-corrected chi connectivity index (χ4v) is 1.87. The lowest BCUT2D eigenvalue weighted by Crippen LogP contribution is -2.24. The summed E-state index contributed by atoms with van der Waals surface area (Å²) in [5, 5.41) is 3.91. The third-order valence-electron chi connectivity index (χ3n) is 3.22. The molecule has 0 radical (unpaired) electrons. The zero-order valence-electron chi connectivity index (χ0n) is 13.3. The maximum Gasteiger partial charge on any atom is 0.277 e. The number of rotatable bonds is 7. The molecule has 5 nitrogen and oxygen atoms in total. The maximum atomic E-state index is 11.7. The molecule has 23 heavy (non-hydrogen) atoms. The number of carbonyl (C=O) groups excluding carboxylic acids is 1. The van der Waals surface area contributed by atoms with Crippen LogP contribution >= 0.6 is 0 Å². The molecule has 0 saturated heterocycles. The van der Waals surface area contributed by atoms with E-state index in [2.05, 4.69) is 17.5 Å². The van der Waals surface area contributed by atoms with E-state index in [-0.39, 0.29) is 12.5 Å². The van der Waals surface area contributed by atoms with Gasteiger partial charge in [0.1, 0.15) is 11.5 Å². The minimum atomic E-state index is -0.317. The first-order valence-corrected chi connectivity index (χ1v) is 7.39. The van der Waals surface area contributed by atoms with Crippen molar-refractivity contribution in [1.82, 2.24) is 5.43 Å². The normalized spacial score (nSPS) is 10.5. The van der Waals surface area contributed by atoms with Crippen molar-refractivity contribution < 1.29 is 14.3 Å². The molecule has 0 bridgehead atoms. The van der Waals surface area contributed by atoms with Gasteiger partial charge in [0.25, 0.3) is 5.91 Å². The van der Waals surface area contributed by atoms with Gasteiger partial charge in [0.2, 0.25) is 0 Å². The van der Waals surface area contributed by atoms with E-state index in [0.717, 1.165) is 17.7 Å². The molecule has 0 spiro atoms. The Kier molecular flexibility index (Phi) is 6.17. The Hall–Kier alpha value is -2.82. The molecule has 2 rings (SSSR count). The van der Waals surface area contributed by atoms with Crippen molar-refractivity contribution in [3.8, 4) is 11.5 Å². The molecular weight excluding hydrogens is 292 g/mol. The highest BCUT2D eigenvalue weighted by Gasteiger charge is 2.01. The molecule has 2 aromatic rings. The van der Waals surface area contributed by atoms with Crippen LogP contribution in [-0.2, 0) is 11.2 Å². The Morgan fingerprint density at radius 2 is 1.74 bits per heavy atom. The van der Waals surface area contributed by atoms with E-state index in [1.807, 2.05) is 24.3 Å². The Morgan fingerprint density at radius 3 is 2.35 bits per heavy atom. The predicted octanol–water partition coefficient (Wildman–Crippen LogP) is 2.79. The zero-order chi connectivity index (χ0) is 16.5. The van der Waals surface area contributed by atoms with Crippen LogP contribution < -0.4 is 14.9 Å². The van der Waals surface area contributed by atoms with Crippen LogP contribution in [0.1, 0.15) is 18.1 Å². The van der Waals surface area contributed by atoms with Gasteiger partial charge in [0.05, 0.1) is 13.3 Å². The number of nitrogens with zero attached hydrogens (tertiary/aromatic N) is 1. The van der Waals surface area contributed by atoms with E-state index in [1.165, 1.54) is 5.56 Å². The molecule has 0 aliphatic rings. The summed E-state index contributed by atoms with van der Waals surface area (Å²) < 4.78 is 10.4. The Balaban J connectivity index is 1.76. The summed E-state index contributed by atoms with van der Waals surface area (Å²) in [7, 11) is 1.59. The van der Waals surface area contributed by atoms with Gasteiger partial charge in [-0.15, -0.1) is 0 Å². The van der Waals surface area contributed by atoms with E-state index in [1.54, 1.807) is 37.6 Å². The predicted molar refractivity (Wildman–Crippen MR) is 90.0 cm³/mol. The van der Waals surface area contributed by atoms with E-state index in [4.69, 9.17) is 9.47 Å². The van der Waals surface area contributed by atoms with E-state index in [9.17, 15) is 4.79 Å². The molecule has 0 aliphatic heterocycles. The summed E-state index contributed by atoms with van der Waals surface area (Å²) in [5.41, 5.74) is 4.63. The van der Waals surface area contributed by atoms with Crippen LogP contribution in [0.25, 0.3) is 0 Å². The zero-order valence-corrected chi connectivity index (χ0v) is 13.3. The van der Waals surface area contributed by atoms with Crippen LogP contribution in [0.5, 0.6) is 11.5 Å². The fourth-order valence-electron chi connectivity index (χ4n) is 1.87. The van der Waals surface area contributed by atoms with Gasteiger partial charge in [-0.2, -0.15) is 5.10 Å². The molecule has 0 aliphatic carbocycles. The van der Waals surface area contributed by atoms with Crippen molar-refractivity contribution in [3.63, 3.8) is 0 Å². The number of amides is 1. The van der Waals surface area contributed by atoms with Gasteiger partial charge >= 0.3 is 0 Å². The summed E-state index contributed by atoms with van der Waals surface area (Å²) in [4.78, 5) is 11.7. The van der Waals surface area contributed by atoms with Gasteiger partial charge in [-0.05, 0) is 41.8 Å². The molecule has 0 fully saturated rings. The lowest BCUT2D eigenvalue weighted by Gasteiger charge is -2.05. The summed E-state index contributed by atoms with van der Waals surface area (Å²) in [6.07, 6.45) is 2.60. The number of methoxy groups -OCH3 is 1. The average molecular weight is 312 g/mol. The number of hydrogen-bond acceptors (Lipinski definition) is 4. The van der Waals surface area contributed by atoms with Crippen molar-refractivity contribution in [2.45, 2.75) is 13.3 Å². The maximum absolute atomic E-state index is 11.7. The first-order valence-electron chi connectivity index (χ1n) is 7.39. The first kappa shape index (κ1) is 16.5. The summed E-state index contributed by atoms with van der Waals surface area (Å²) in [6, 6.07) is 15.0. The molecule has 120 valence electrons. The van der Waals surface area contributed by atoms with Crippen LogP contribution in [0, 0.1) is 0 Å². The van der Waals surface area contributed by atoms with Crippen LogP contribution in [0.4, 0.5) is 0 Å². The van der Waals surface area contributed by atoms with Crippen molar-refractivity contribution in [2.24, 2.45) is 5.10 Å². The largest absolute Gasteiger partial charge is 0.497 e. The SMILES string of the molecule is CCc1ccc(/C=N/NC(=O)COc2ccc(OC)cc2)cc1. The number of hydrazone groups is 1. The van der Waals surface area contributed by atoms with Gasteiger partial charge < -0.3 is 9.47 Å². The number of nitrogens with one attached hydrogen (secondary N) is 1. The lowest BCUT2D eigenvalue weighted by molar-refractivity contribution is -0.123. The molecule has 0 heterocycles. The minimum Gasteiger partial charge on any atom is -0.497 e. The van der Waals surface area contributed by atoms with Crippen molar-refractivity contribution >= 4 is 12.1 Å². The van der Waals surface area contributed by atoms with Gasteiger partial charge in [0, 0.05) is 0 Å². The molecule has 0 aromatic heterocycles. The lowest BCUT2D eigenvalue weighted by atomic mass is 10.1. The van der Waals surface area contributed by atoms with Gasteiger partial charge in [-0.3, -0.25) is 4.79 Å². The molecular formula is C18H20N2O3. The molecule has 1 N–H and O–H groups in total. The van der Waals surface area contributed by atoms with Gasteiger partial charge in [-0.1, -0.05) is 31.2 Å². The topological polar surface area (TPSA) is 59.9 Å². The number of aryl methyl sites for hydroxylation is 1. The van der Waals surface area contributed by atoms with Crippen molar-refractivity contribution in [2.75, 3.05) is 13.7 Å². The quantitative estimate of drug-likeness (QED) is 0.632. The minimum absolute atomic E-state index is 0.0988. The third kappa shape index (κ3) is 5.47. The second-order valence-electron chi connectivity index (χ2n) is 4.85. The van der Waals surface area contributed by atoms with Gasteiger partial charge in [0.15, 0.2) is 6.61 Å². The van der Waals surface area contributed by atoms with Crippen LogP contribution in [0.2, 0.25) is 0 Å².